The maximum absolute atomic E-state index is 11.8. The highest BCUT2D eigenvalue weighted by Gasteiger charge is 2.21. The van der Waals surface area contributed by atoms with Crippen molar-refractivity contribution in [2.75, 3.05) is 6.54 Å². The van der Waals surface area contributed by atoms with Gasteiger partial charge in [0.1, 0.15) is 0 Å². The third kappa shape index (κ3) is 4.13. The van der Waals surface area contributed by atoms with Crippen molar-refractivity contribution in [1.82, 2.24) is 5.32 Å². The number of hydrogen-bond donors (Lipinski definition) is 4. The molecule has 1 fully saturated rings. The fourth-order valence-electron chi connectivity index (χ4n) is 1.98. The summed E-state index contributed by atoms with van der Waals surface area (Å²) >= 11 is 0. The van der Waals surface area contributed by atoms with Crippen molar-refractivity contribution in [2.24, 2.45) is 11.7 Å². The maximum Gasteiger partial charge on any atom is 0.237 e. The molecule has 0 aliphatic heterocycles. The number of nitrogens with one attached hydrogen (secondary N) is 1. The Bertz CT molecular complexity index is 458. The summed E-state index contributed by atoms with van der Waals surface area (Å²) in [7, 11) is 0. The van der Waals surface area contributed by atoms with Crippen LogP contribution in [0.1, 0.15) is 24.8 Å². The number of hydrogen-bond acceptors (Lipinski definition) is 4. The van der Waals surface area contributed by atoms with E-state index in [9.17, 15) is 15.0 Å². The molecule has 0 spiro atoms. The van der Waals surface area contributed by atoms with Gasteiger partial charge in [-0.3, -0.25) is 4.79 Å². The summed E-state index contributed by atoms with van der Waals surface area (Å²) in [6.07, 6.45) is 3.91. The Morgan fingerprint density at radius 3 is 2.74 bits per heavy atom. The molecular weight excluding hydrogens is 244 g/mol. The molecule has 19 heavy (non-hydrogen) atoms. The highest BCUT2D eigenvalue weighted by Crippen LogP contribution is 2.31. The summed E-state index contributed by atoms with van der Waals surface area (Å²) in [4.78, 5) is 11.8. The molecule has 5 N–H and O–H groups in total. The molecule has 1 aliphatic rings. The minimum absolute atomic E-state index is 0.173. The third-order valence-electron chi connectivity index (χ3n) is 3.38. The zero-order valence-corrected chi connectivity index (χ0v) is 10.8. The standard InChI is InChI=1S/C14H20N2O3/c15-11(14(19)16-6-5-9-1-2-9)7-10-3-4-12(17)13(18)8-10/h3-4,8-9,11,17-18H,1-2,5-7,15H2,(H,16,19)/t11-/m0/s1. The monoisotopic (exact) mass is 264 g/mol. The van der Waals surface area contributed by atoms with Gasteiger partial charge < -0.3 is 21.3 Å². The highest BCUT2D eigenvalue weighted by molar-refractivity contribution is 5.81. The summed E-state index contributed by atoms with van der Waals surface area (Å²) in [6.45, 7) is 0.679. The van der Waals surface area contributed by atoms with Crippen LogP contribution in [-0.2, 0) is 11.2 Å². The normalized spacial score (nSPS) is 16.1. The first-order valence-corrected chi connectivity index (χ1v) is 6.60. The molecule has 104 valence electrons. The second-order valence-corrected chi connectivity index (χ2v) is 5.16. The number of rotatable bonds is 6. The minimum atomic E-state index is -0.636. The van der Waals surface area contributed by atoms with Crippen LogP contribution in [0.5, 0.6) is 11.5 Å². The molecule has 0 radical (unpaired) electrons. The molecular formula is C14H20N2O3. The summed E-state index contributed by atoms with van der Waals surface area (Å²) < 4.78 is 0. The summed E-state index contributed by atoms with van der Waals surface area (Å²) in [5, 5.41) is 21.4. The molecule has 1 saturated carbocycles. The maximum atomic E-state index is 11.8. The molecule has 1 aromatic carbocycles. The molecule has 5 nitrogen and oxygen atoms in total. The Morgan fingerprint density at radius 2 is 2.11 bits per heavy atom. The van der Waals surface area contributed by atoms with Crippen molar-refractivity contribution < 1.29 is 15.0 Å². The van der Waals surface area contributed by atoms with Gasteiger partial charge in [0.15, 0.2) is 11.5 Å². The van der Waals surface area contributed by atoms with Crippen LogP contribution >= 0.6 is 0 Å². The Morgan fingerprint density at radius 1 is 1.37 bits per heavy atom. The van der Waals surface area contributed by atoms with E-state index in [0.717, 1.165) is 17.9 Å². The van der Waals surface area contributed by atoms with Gasteiger partial charge in [-0.25, -0.2) is 0 Å². The van der Waals surface area contributed by atoms with E-state index in [4.69, 9.17) is 5.73 Å². The fraction of sp³-hybridized carbons (Fsp3) is 0.500. The summed E-state index contributed by atoms with van der Waals surface area (Å²) in [5.41, 5.74) is 6.54. The predicted molar refractivity (Wildman–Crippen MR) is 71.8 cm³/mol. The highest BCUT2D eigenvalue weighted by atomic mass is 16.3. The predicted octanol–water partition coefficient (Wildman–Crippen LogP) is 0.884. The fourth-order valence-corrected chi connectivity index (χ4v) is 1.98. The second kappa shape index (κ2) is 5.93. The number of phenols is 2. The lowest BCUT2D eigenvalue weighted by molar-refractivity contribution is -0.122. The van der Waals surface area contributed by atoms with E-state index in [2.05, 4.69) is 5.32 Å². The lowest BCUT2D eigenvalue weighted by Crippen LogP contribution is -2.42. The Balaban J connectivity index is 1.79. The third-order valence-corrected chi connectivity index (χ3v) is 3.38. The van der Waals surface area contributed by atoms with Crippen LogP contribution in [0.4, 0.5) is 0 Å². The van der Waals surface area contributed by atoms with E-state index in [-0.39, 0.29) is 17.4 Å². The van der Waals surface area contributed by atoms with E-state index in [1.807, 2.05) is 0 Å². The van der Waals surface area contributed by atoms with Crippen molar-refractivity contribution in [3.63, 3.8) is 0 Å². The van der Waals surface area contributed by atoms with Gasteiger partial charge in [0.25, 0.3) is 0 Å². The molecule has 0 bridgehead atoms. The molecule has 0 aromatic heterocycles. The van der Waals surface area contributed by atoms with E-state index in [1.54, 1.807) is 6.07 Å². The first-order chi connectivity index (χ1) is 9.06. The smallest absolute Gasteiger partial charge is 0.237 e. The molecule has 1 atom stereocenters. The number of benzene rings is 1. The lowest BCUT2D eigenvalue weighted by atomic mass is 10.1. The van der Waals surface area contributed by atoms with E-state index < -0.39 is 6.04 Å². The van der Waals surface area contributed by atoms with Gasteiger partial charge >= 0.3 is 0 Å². The van der Waals surface area contributed by atoms with Crippen molar-refractivity contribution in [3.05, 3.63) is 23.8 Å². The zero-order chi connectivity index (χ0) is 13.8. The molecule has 1 amide bonds. The number of phenolic OH excluding ortho intramolecular Hbond substituents is 2. The molecule has 0 heterocycles. The van der Waals surface area contributed by atoms with Crippen molar-refractivity contribution in [2.45, 2.75) is 31.7 Å². The number of nitrogens with two attached hydrogens (primary N) is 1. The van der Waals surface area contributed by atoms with Crippen LogP contribution in [0.25, 0.3) is 0 Å². The van der Waals surface area contributed by atoms with E-state index >= 15 is 0 Å². The first-order valence-electron chi connectivity index (χ1n) is 6.60. The van der Waals surface area contributed by atoms with Gasteiger partial charge in [-0.15, -0.1) is 0 Å². The molecule has 0 unspecified atom stereocenters. The average molecular weight is 264 g/mol. The van der Waals surface area contributed by atoms with Crippen molar-refractivity contribution in [1.29, 1.82) is 0 Å². The SMILES string of the molecule is N[C@@H](Cc1ccc(O)c(O)c1)C(=O)NCCC1CC1. The van der Waals surface area contributed by atoms with Crippen LogP contribution in [-0.4, -0.2) is 28.7 Å². The van der Waals surface area contributed by atoms with E-state index in [0.29, 0.717) is 13.0 Å². The summed E-state index contributed by atoms with van der Waals surface area (Å²) in [5.74, 6) is 0.240. The molecule has 1 aliphatic carbocycles. The first kappa shape index (κ1) is 13.7. The van der Waals surface area contributed by atoms with E-state index in [1.165, 1.54) is 25.0 Å². The number of carbonyl (C=O) groups excluding carboxylic acids is 1. The van der Waals surface area contributed by atoms with Crippen LogP contribution in [0.3, 0.4) is 0 Å². The van der Waals surface area contributed by atoms with Gasteiger partial charge in [-0.1, -0.05) is 18.9 Å². The van der Waals surface area contributed by atoms with Crippen molar-refractivity contribution in [3.8, 4) is 11.5 Å². The van der Waals surface area contributed by atoms with Gasteiger partial charge in [-0.05, 0) is 36.5 Å². The molecule has 0 saturated heterocycles. The van der Waals surface area contributed by atoms with Gasteiger partial charge in [-0.2, -0.15) is 0 Å². The quantitative estimate of drug-likeness (QED) is 0.574. The van der Waals surface area contributed by atoms with Gasteiger partial charge in [0.05, 0.1) is 6.04 Å². The Hall–Kier alpha value is -1.75. The van der Waals surface area contributed by atoms with Crippen LogP contribution in [0, 0.1) is 5.92 Å². The largest absolute Gasteiger partial charge is 0.504 e. The zero-order valence-electron chi connectivity index (χ0n) is 10.8. The van der Waals surface area contributed by atoms with Crippen LogP contribution in [0.2, 0.25) is 0 Å². The van der Waals surface area contributed by atoms with Gasteiger partial charge in [0.2, 0.25) is 5.91 Å². The summed E-state index contributed by atoms with van der Waals surface area (Å²) in [6, 6.07) is 3.82. The molecule has 1 aromatic rings. The number of carbonyl (C=O) groups is 1. The van der Waals surface area contributed by atoms with Gasteiger partial charge in [0, 0.05) is 6.54 Å². The second-order valence-electron chi connectivity index (χ2n) is 5.16. The minimum Gasteiger partial charge on any atom is -0.504 e. The topological polar surface area (TPSA) is 95.6 Å². The molecule has 5 heteroatoms. The van der Waals surface area contributed by atoms with Crippen molar-refractivity contribution >= 4 is 5.91 Å². The number of amides is 1. The van der Waals surface area contributed by atoms with Crippen LogP contribution in [0.15, 0.2) is 18.2 Å². The Labute approximate surface area is 112 Å². The number of aromatic hydroxyl groups is 2. The molecule has 2 rings (SSSR count). The Kier molecular flexibility index (Phi) is 4.27. The lowest BCUT2D eigenvalue weighted by Gasteiger charge is -2.12. The van der Waals surface area contributed by atoms with Crippen LogP contribution < -0.4 is 11.1 Å². The average Bonchev–Trinajstić information content (AvgIpc) is 3.17.